The molecule has 0 unspecified atom stereocenters. The Hall–Kier alpha value is -1.95. The lowest BCUT2D eigenvalue weighted by Crippen LogP contribution is -2.46. The van der Waals surface area contributed by atoms with Gasteiger partial charge in [0.05, 0.1) is 5.52 Å². The molecule has 2 N–H and O–H groups in total. The highest BCUT2D eigenvalue weighted by Crippen LogP contribution is 2.21. The fourth-order valence-corrected chi connectivity index (χ4v) is 2.32. The number of nitrogens with zero attached hydrogens (tertiary/aromatic N) is 1. The molecule has 0 atom stereocenters. The molecule has 0 bridgehead atoms. The fraction of sp³-hybridized carbons (Fsp3) is 0.308. The summed E-state index contributed by atoms with van der Waals surface area (Å²) in [6.07, 6.45) is 0. The van der Waals surface area contributed by atoms with E-state index in [4.69, 9.17) is 0 Å². The van der Waals surface area contributed by atoms with Gasteiger partial charge in [0.15, 0.2) is 0 Å². The first-order valence-corrected chi connectivity index (χ1v) is 6.13. The second-order valence-electron chi connectivity index (χ2n) is 4.58. The first kappa shape index (κ1) is 12.1. The lowest BCUT2D eigenvalue weighted by atomic mass is 10.2. The van der Waals surface area contributed by atoms with E-state index < -0.39 is 11.6 Å². The Balaban J connectivity index is 1.96. The number of aromatic amines is 1. The number of H-pyrrole nitrogens is 1. The Morgan fingerprint density at radius 1 is 1.16 bits per heavy atom. The summed E-state index contributed by atoms with van der Waals surface area (Å²) in [6.45, 7) is 2.72. The summed E-state index contributed by atoms with van der Waals surface area (Å²) in [6, 6.07) is 3.51. The maximum Gasteiger partial charge on any atom is 0.270 e. The number of carbonyl (C=O) groups excluding carboxylic acids is 1. The van der Waals surface area contributed by atoms with Crippen LogP contribution in [0.5, 0.6) is 0 Å². The molecule has 19 heavy (non-hydrogen) atoms. The first-order chi connectivity index (χ1) is 9.15. The van der Waals surface area contributed by atoms with E-state index >= 15 is 0 Å². The van der Waals surface area contributed by atoms with Crippen LogP contribution < -0.4 is 5.32 Å². The van der Waals surface area contributed by atoms with Gasteiger partial charge >= 0.3 is 0 Å². The van der Waals surface area contributed by atoms with Gasteiger partial charge in [0, 0.05) is 37.6 Å². The molecule has 3 rings (SSSR count). The molecule has 1 aromatic heterocycles. The number of hydrogen-bond acceptors (Lipinski definition) is 2. The van der Waals surface area contributed by atoms with Crippen LogP contribution in [0, 0.1) is 11.6 Å². The molecular weight excluding hydrogens is 252 g/mol. The van der Waals surface area contributed by atoms with Crippen LogP contribution in [-0.2, 0) is 0 Å². The molecule has 1 aliphatic rings. The molecule has 1 aromatic carbocycles. The molecule has 2 aromatic rings. The highest BCUT2D eigenvalue weighted by atomic mass is 19.1. The highest BCUT2D eigenvalue weighted by molar-refractivity contribution is 5.98. The molecule has 0 saturated carbocycles. The van der Waals surface area contributed by atoms with Crippen molar-refractivity contribution in [3.05, 3.63) is 35.5 Å². The number of amides is 1. The molecule has 1 fully saturated rings. The predicted molar refractivity (Wildman–Crippen MR) is 67.0 cm³/mol. The zero-order valence-electron chi connectivity index (χ0n) is 10.2. The quantitative estimate of drug-likeness (QED) is 0.820. The number of halogens is 2. The molecule has 0 radical (unpaired) electrons. The number of carbonyl (C=O) groups is 1. The maximum atomic E-state index is 13.6. The zero-order chi connectivity index (χ0) is 13.4. The van der Waals surface area contributed by atoms with Crippen molar-refractivity contribution in [2.75, 3.05) is 26.2 Å². The van der Waals surface area contributed by atoms with Crippen molar-refractivity contribution in [3.63, 3.8) is 0 Å². The van der Waals surface area contributed by atoms with Gasteiger partial charge in [-0.15, -0.1) is 0 Å². The molecule has 1 saturated heterocycles. The number of aromatic nitrogens is 1. The van der Waals surface area contributed by atoms with Crippen molar-refractivity contribution >= 4 is 16.8 Å². The predicted octanol–water partition coefficient (Wildman–Crippen LogP) is 1.49. The topological polar surface area (TPSA) is 48.1 Å². The van der Waals surface area contributed by atoms with Gasteiger partial charge in [-0.2, -0.15) is 0 Å². The lowest BCUT2D eigenvalue weighted by molar-refractivity contribution is 0.0731. The minimum absolute atomic E-state index is 0.167. The number of benzene rings is 1. The first-order valence-electron chi connectivity index (χ1n) is 6.13. The van der Waals surface area contributed by atoms with E-state index in [1.807, 2.05) is 0 Å². The van der Waals surface area contributed by atoms with Crippen LogP contribution in [0.4, 0.5) is 8.78 Å². The van der Waals surface area contributed by atoms with Crippen LogP contribution in [0.2, 0.25) is 0 Å². The number of hydrogen-bond donors (Lipinski definition) is 2. The van der Waals surface area contributed by atoms with Gasteiger partial charge in [-0.1, -0.05) is 0 Å². The summed E-state index contributed by atoms with van der Waals surface area (Å²) in [5.41, 5.74) is 0.460. The standard InChI is InChI=1S/C13H13F2N3O/c14-9-5-8-6-11(17-12(8)10(15)7-9)13(19)18-3-1-16-2-4-18/h5-7,16-17H,1-4H2. The van der Waals surface area contributed by atoms with Gasteiger partial charge < -0.3 is 15.2 Å². The average Bonchev–Trinajstić information content (AvgIpc) is 2.83. The largest absolute Gasteiger partial charge is 0.348 e. The van der Waals surface area contributed by atoms with Gasteiger partial charge in [0.25, 0.3) is 5.91 Å². The molecule has 0 spiro atoms. The summed E-state index contributed by atoms with van der Waals surface area (Å²) in [7, 11) is 0. The Bertz CT molecular complexity index is 632. The fourth-order valence-electron chi connectivity index (χ4n) is 2.32. The van der Waals surface area contributed by atoms with Gasteiger partial charge in [0.2, 0.25) is 0 Å². The highest BCUT2D eigenvalue weighted by Gasteiger charge is 2.20. The van der Waals surface area contributed by atoms with E-state index in [0.717, 1.165) is 19.2 Å². The van der Waals surface area contributed by atoms with E-state index in [0.29, 0.717) is 24.2 Å². The number of piperazine rings is 1. The van der Waals surface area contributed by atoms with Crippen molar-refractivity contribution in [1.82, 2.24) is 15.2 Å². The summed E-state index contributed by atoms with van der Waals surface area (Å²) in [4.78, 5) is 16.6. The van der Waals surface area contributed by atoms with E-state index in [9.17, 15) is 13.6 Å². The SMILES string of the molecule is O=C(c1cc2cc(F)cc(F)c2[nH]1)N1CCNCC1. The third-order valence-electron chi connectivity index (χ3n) is 3.28. The lowest BCUT2D eigenvalue weighted by Gasteiger charge is -2.26. The third-order valence-corrected chi connectivity index (χ3v) is 3.28. The Labute approximate surface area is 108 Å². The Morgan fingerprint density at radius 2 is 1.89 bits per heavy atom. The van der Waals surface area contributed by atoms with E-state index in [1.54, 1.807) is 4.90 Å². The van der Waals surface area contributed by atoms with Crippen LogP contribution in [0.25, 0.3) is 10.9 Å². The summed E-state index contributed by atoms with van der Waals surface area (Å²) in [5, 5.41) is 3.52. The number of fused-ring (bicyclic) bond motifs is 1. The van der Waals surface area contributed by atoms with Crippen LogP contribution in [-0.4, -0.2) is 42.0 Å². The summed E-state index contributed by atoms with van der Waals surface area (Å²) >= 11 is 0. The Kier molecular flexibility index (Phi) is 2.94. The van der Waals surface area contributed by atoms with E-state index in [-0.39, 0.29) is 11.4 Å². The summed E-state index contributed by atoms with van der Waals surface area (Å²) in [5.74, 6) is -1.52. The second-order valence-corrected chi connectivity index (χ2v) is 4.58. The van der Waals surface area contributed by atoms with Crippen LogP contribution in [0.3, 0.4) is 0 Å². The average molecular weight is 265 g/mol. The Morgan fingerprint density at radius 3 is 2.63 bits per heavy atom. The van der Waals surface area contributed by atoms with Crippen molar-refractivity contribution in [2.45, 2.75) is 0 Å². The molecular formula is C13H13F2N3O. The van der Waals surface area contributed by atoms with Gasteiger partial charge in [0.1, 0.15) is 17.3 Å². The minimum Gasteiger partial charge on any atom is -0.348 e. The van der Waals surface area contributed by atoms with Gasteiger partial charge in [-0.25, -0.2) is 8.78 Å². The normalized spacial score (nSPS) is 16.0. The van der Waals surface area contributed by atoms with Crippen LogP contribution in [0.1, 0.15) is 10.5 Å². The molecule has 1 aliphatic heterocycles. The van der Waals surface area contributed by atoms with E-state index in [2.05, 4.69) is 10.3 Å². The number of nitrogens with one attached hydrogen (secondary N) is 2. The molecule has 6 heteroatoms. The molecule has 100 valence electrons. The molecule has 4 nitrogen and oxygen atoms in total. The second kappa shape index (κ2) is 4.62. The molecule has 2 heterocycles. The number of rotatable bonds is 1. The monoisotopic (exact) mass is 265 g/mol. The maximum absolute atomic E-state index is 13.6. The molecule has 0 aliphatic carbocycles. The van der Waals surface area contributed by atoms with Gasteiger partial charge in [-0.3, -0.25) is 4.79 Å². The van der Waals surface area contributed by atoms with Crippen molar-refractivity contribution in [1.29, 1.82) is 0 Å². The van der Waals surface area contributed by atoms with Crippen LogP contribution in [0.15, 0.2) is 18.2 Å². The van der Waals surface area contributed by atoms with Crippen LogP contribution >= 0.6 is 0 Å². The van der Waals surface area contributed by atoms with Crippen molar-refractivity contribution in [3.8, 4) is 0 Å². The summed E-state index contributed by atoms with van der Waals surface area (Å²) < 4.78 is 26.7. The minimum atomic E-state index is -0.686. The smallest absolute Gasteiger partial charge is 0.270 e. The van der Waals surface area contributed by atoms with Crippen molar-refractivity contribution < 1.29 is 13.6 Å². The van der Waals surface area contributed by atoms with Gasteiger partial charge in [-0.05, 0) is 12.1 Å². The third kappa shape index (κ3) is 2.19. The zero-order valence-corrected chi connectivity index (χ0v) is 10.2. The molecule has 1 amide bonds. The van der Waals surface area contributed by atoms with Crippen molar-refractivity contribution in [2.24, 2.45) is 0 Å². The van der Waals surface area contributed by atoms with E-state index in [1.165, 1.54) is 12.1 Å².